The number of nitrogens with zero attached hydrogens (tertiary/aromatic N) is 1. The Morgan fingerprint density at radius 1 is 1.29 bits per heavy atom. The number of benzene rings is 1. The van der Waals surface area contributed by atoms with E-state index in [-0.39, 0.29) is 28.2 Å². The van der Waals surface area contributed by atoms with Gasteiger partial charge < -0.3 is 14.2 Å². The van der Waals surface area contributed by atoms with Crippen LogP contribution in [0.2, 0.25) is 0 Å². The lowest BCUT2D eigenvalue weighted by Gasteiger charge is -2.21. The van der Waals surface area contributed by atoms with Crippen molar-refractivity contribution in [1.82, 2.24) is 4.57 Å². The Labute approximate surface area is 170 Å². The zero-order valence-corrected chi connectivity index (χ0v) is 17.1. The van der Waals surface area contributed by atoms with E-state index in [2.05, 4.69) is 15.9 Å². The number of rotatable bonds is 6. The van der Waals surface area contributed by atoms with Crippen molar-refractivity contribution in [1.29, 1.82) is 0 Å². The Morgan fingerprint density at radius 2 is 2.04 bits per heavy atom. The second-order valence-electron chi connectivity index (χ2n) is 5.64. The molecule has 0 saturated heterocycles. The van der Waals surface area contributed by atoms with E-state index in [0.717, 1.165) is 41.3 Å². The molecular weight excluding hydrogens is 460 g/mol. The van der Waals surface area contributed by atoms with E-state index in [1.165, 1.54) is 19.2 Å². The van der Waals surface area contributed by atoms with Crippen LogP contribution in [0.25, 0.3) is 10.1 Å². The van der Waals surface area contributed by atoms with Gasteiger partial charge in [-0.25, -0.2) is 13.6 Å². The van der Waals surface area contributed by atoms with E-state index in [1.807, 2.05) is 0 Å². The van der Waals surface area contributed by atoms with Gasteiger partial charge in [0.2, 0.25) is 0 Å². The molecule has 0 N–H and O–H groups in total. The fourth-order valence-electron chi connectivity index (χ4n) is 2.75. The van der Waals surface area contributed by atoms with Crippen molar-refractivity contribution < 1.29 is 27.8 Å². The molecule has 0 amide bonds. The molecule has 0 aliphatic carbocycles. The lowest BCUT2D eigenvalue weighted by molar-refractivity contribution is -0.143. The van der Waals surface area contributed by atoms with Crippen LogP contribution in [0.15, 0.2) is 39.0 Å². The van der Waals surface area contributed by atoms with Gasteiger partial charge in [0, 0.05) is 24.3 Å². The summed E-state index contributed by atoms with van der Waals surface area (Å²) >= 11 is 4.25. The first-order valence-electron chi connectivity index (χ1n) is 7.86. The summed E-state index contributed by atoms with van der Waals surface area (Å²) in [5.74, 6) is -2.16. The second-order valence-corrected chi connectivity index (χ2v) is 8.07. The van der Waals surface area contributed by atoms with E-state index in [9.17, 15) is 18.4 Å². The molecule has 10 heteroatoms. The van der Waals surface area contributed by atoms with E-state index in [1.54, 1.807) is 0 Å². The number of thiophene rings is 1. The van der Waals surface area contributed by atoms with Gasteiger partial charge in [-0.15, -0.1) is 11.3 Å². The molecule has 0 saturated carbocycles. The van der Waals surface area contributed by atoms with Crippen molar-refractivity contribution in [3.05, 3.63) is 61.8 Å². The molecule has 1 aromatic carbocycles. The Hall–Kier alpha value is -2.30. The van der Waals surface area contributed by atoms with Crippen LogP contribution < -0.4 is 10.3 Å². The van der Waals surface area contributed by atoms with Gasteiger partial charge >= 0.3 is 5.97 Å². The van der Waals surface area contributed by atoms with Gasteiger partial charge in [0.25, 0.3) is 5.56 Å². The Kier molecular flexibility index (Phi) is 6.11. The molecule has 2 aromatic heterocycles. The first-order chi connectivity index (χ1) is 13.4. The van der Waals surface area contributed by atoms with E-state index in [0.29, 0.717) is 3.79 Å². The first-order valence-corrected chi connectivity index (χ1v) is 9.47. The van der Waals surface area contributed by atoms with Crippen LogP contribution in [0.5, 0.6) is 5.75 Å². The van der Waals surface area contributed by atoms with Crippen molar-refractivity contribution >= 4 is 43.3 Å². The zero-order valence-electron chi connectivity index (χ0n) is 14.7. The highest BCUT2D eigenvalue weighted by molar-refractivity contribution is 9.11. The SMILES string of the molecule is COCOc1ccc(F)cc1C(C(=O)OC)n1cc(F)c2cc(Br)sc2c1=O. The van der Waals surface area contributed by atoms with Crippen LogP contribution >= 0.6 is 27.3 Å². The normalized spacial score (nSPS) is 12.2. The molecule has 0 spiro atoms. The lowest BCUT2D eigenvalue weighted by Crippen LogP contribution is -2.32. The topological polar surface area (TPSA) is 66.8 Å². The highest BCUT2D eigenvalue weighted by Crippen LogP contribution is 2.33. The average molecular weight is 474 g/mol. The van der Waals surface area contributed by atoms with Crippen LogP contribution in [0, 0.1) is 11.6 Å². The van der Waals surface area contributed by atoms with Gasteiger partial charge in [0.1, 0.15) is 22.1 Å². The third kappa shape index (κ3) is 3.80. The van der Waals surface area contributed by atoms with Crippen molar-refractivity contribution in [3.8, 4) is 5.75 Å². The highest BCUT2D eigenvalue weighted by atomic mass is 79.9. The number of carbonyl (C=O) groups excluding carboxylic acids is 1. The number of carbonyl (C=O) groups is 1. The van der Waals surface area contributed by atoms with Crippen LogP contribution in [0.1, 0.15) is 11.6 Å². The Morgan fingerprint density at radius 3 is 2.71 bits per heavy atom. The fourth-order valence-corrected chi connectivity index (χ4v) is 4.29. The number of hydrogen-bond donors (Lipinski definition) is 0. The molecule has 148 valence electrons. The van der Waals surface area contributed by atoms with E-state index >= 15 is 0 Å². The largest absolute Gasteiger partial charge is 0.467 e. The predicted molar refractivity (Wildman–Crippen MR) is 103 cm³/mol. The Balaban J connectivity index is 2.27. The maximum Gasteiger partial charge on any atom is 0.333 e. The van der Waals surface area contributed by atoms with Crippen LogP contribution in [-0.4, -0.2) is 31.5 Å². The lowest BCUT2D eigenvalue weighted by atomic mass is 10.0. The number of pyridine rings is 1. The maximum absolute atomic E-state index is 14.6. The molecule has 0 bridgehead atoms. The summed E-state index contributed by atoms with van der Waals surface area (Å²) in [5, 5.41) is 0.122. The monoisotopic (exact) mass is 473 g/mol. The molecule has 3 aromatic rings. The third-order valence-corrected chi connectivity index (χ3v) is 5.57. The van der Waals surface area contributed by atoms with Gasteiger partial charge in [0.15, 0.2) is 12.8 Å². The molecular formula is C18H14BrF2NO5S. The number of fused-ring (bicyclic) bond motifs is 1. The minimum atomic E-state index is -1.46. The standard InChI is InChI=1S/C18H14BrF2NO5S/c1-25-8-27-13-4-3-9(20)5-11(13)15(18(24)26-2)22-7-12(21)10-6-14(19)28-16(10)17(22)23/h3-7,15H,8H2,1-2H3. The number of aromatic nitrogens is 1. The second kappa shape index (κ2) is 8.38. The molecule has 0 aliphatic heterocycles. The Bertz CT molecular complexity index is 1100. The van der Waals surface area contributed by atoms with Gasteiger partial charge in [-0.05, 0) is 40.2 Å². The molecule has 1 unspecified atom stereocenters. The van der Waals surface area contributed by atoms with E-state index in [4.69, 9.17) is 14.2 Å². The number of ether oxygens (including phenoxy) is 3. The summed E-state index contributed by atoms with van der Waals surface area (Å²) in [5.41, 5.74) is -0.621. The zero-order chi connectivity index (χ0) is 20.4. The molecule has 28 heavy (non-hydrogen) atoms. The van der Waals surface area contributed by atoms with E-state index < -0.39 is 29.2 Å². The molecule has 0 aliphatic rings. The number of hydrogen-bond acceptors (Lipinski definition) is 6. The molecule has 6 nitrogen and oxygen atoms in total. The molecule has 1 atom stereocenters. The van der Waals surface area contributed by atoms with Crippen LogP contribution in [0.3, 0.4) is 0 Å². The summed E-state index contributed by atoms with van der Waals surface area (Å²) < 4.78 is 45.1. The quantitative estimate of drug-likeness (QED) is 0.401. The summed E-state index contributed by atoms with van der Waals surface area (Å²) in [4.78, 5) is 25.5. The third-order valence-electron chi connectivity index (χ3n) is 3.94. The van der Waals surface area contributed by atoms with Crippen molar-refractivity contribution in [3.63, 3.8) is 0 Å². The predicted octanol–water partition coefficient (Wildman–Crippen LogP) is 3.85. The summed E-state index contributed by atoms with van der Waals surface area (Å²) in [6.45, 7) is -0.174. The molecule has 0 fully saturated rings. The smallest absolute Gasteiger partial charge is 0.333 e. The fraction of sp³-hybridized carbons (Fsp3) is 0.222. The minimum Gasteiger partial charge on any atom is -0.467 e. The number of halogens is 3. The summed E-state index contributed by atoms with van der Waals surface area (Å²) in [6.07, 6.45) is 0.899. The molecule has 2 heterocycles. The average Bonchev–Trinajstić information content (AvgIpc) is 3.07. The number of methoxy groups -OCH3 is 2. The van der Waals surface area contributed by atoms with Crippen LogP contribution in [-0.2, 0) is 14.3 Å². The maximum atomic E-state index is 14.6. The van der Waals surface area contributed by atoms with Gasteiger partial charge in [-0.1, -0.05) is 0 Å². The van der Waals surface area contributed by atoms with Gasteiger partial charge in [-0.3, -0.25) is 9.36 Å². The minimum absolute atomic E-state index is 0.000344. The highest BCUT2D eigenvalue weighted by Gasteiger charge is 2.30. The molecule has 3 rings (SSSR count). The molecule has 0 radical (unpaired) electrons. The van der Waals surface area contributed by atoms with Gasteiger partial charge in [-0.2, -0.15) is 0 Å². The first kappa shape index (κ1) is 20.4. The number of esters is 1. The summed E-state index contributed by atoms with van der Waals surface area (Å²) in [6, 6.07) is 3.47. The summed E-state index contributed by atoms with van der Waals surface area (Å²) in [7, 11) is 2.51. The van der Waals surface area contributed by atoms with Crippen molar-refractivity contribution in [2.75, 3.05) is 21.0 Å². The van der Waals surface area contributed by atoms with Gasteiger partial charge in [0.05, 0.1) is 10.9 Å². The van der Waals surface area contributed by atoms with Crippen molar-refractivity contribution in [2.45, 2.75) is 6.04 Å². The van der Waals surface area contributed by atoms with Crippen molar-refractivity contribution in [2.24, 2.45) is 0 Å². The van der Waals surface area contributed by atoms with Crippen LogP contribution in [0.4, 0.5) is 8.78 Å².